The number of alkyl halides is 1. The van der Waals surface area contributed by atoms with E-state index >= 15 is 0 Å². The summed E-state index contributed by atoms with van der Waals surface area (Å²) in [7, 11) is 0. The monoisotopic (exact) mass is 780 g/mol. The van der Waals surface area contributed by atoms with Gasteiger partial charge in [-0.25, -0.2) is 9.59 Å². The van der Waals surface area contributed by atoms with Crippen molar-refractivity contribution in [2.45, 2.75) is 79.8 Å². The summed E-state index contributed by atoms with van der Waals surface area (Å²) < 4.78 is 22.0. The summed E-state index contributed by atoms with van der Waals surface area (Å²) in [6.07, 6.45) is 2.28. The number of rotatable bonds is 18. The molecule has 4 aromatic carbocycles. The molecule has 0 saturated heterocycles. The van der Waals surface area contributed by atoms with E-state index in [1.165, 1.54) is 0 Å². The van der Waals surface area contributed by atoms with Crippen LogP contribution in [0, 0.1) is 0 Å². The molecule has 0 aliphatic carbocycles. The van der Waals surface area contributed by atoms with Crippen LogP contribution in [-0.2, 0) is 35.5 Å². The Bertz CT molecular complexity index is 1410. The van der Waals surface area contributed by atoms with Crippen molar-refractivity contribution in [1.82, 2.24) is 10.6 Å². The third-order valence-electron chi connectivity index (χ3n) is 7.29. The van der Waals surface area contributed by atoms with Gasteiger partial charge >= 0.3 is 12.2 Å². The number of hydrogen-bond donors (Lipinski definition) is 3. The molecule has 0 bridgehead atoms. The molecule has 0 aliphatic heterocycles. The number of nitrogens with one attached hydrogen (secondary N) is 2. The van der Waals surface area contributed by atoms with Crippen LogP contribution in [0.25, 0.3) is 0 Å². The summed E-state index contributed by atoms with van der Waals surface area (Å²) in [5.74, 6) is 1.68. The lowest BCUT2D eigenvalue weighted by molar-refractivity contribution is 0.128. The van der Waals surface area contributed by atoms with Crippen LogP contribution >= 0.6 is 15.9 Å². The van der Waals surface area contributed by atoms with Gasteiger partial charge in [0.05, 0.1) is 6.61 Å². The molecule has 0 heterocycles. The molecule has 4 aromatic rings. The molecular weight excluding hydrogens is 724 g/mol. The first kappa shape index (κ1) is 45.5. The minimum Gasteiger partial charge on any atom is -0.490 e. The second-order valence-electron chi connectivity index (χ2n) is 11.6. The van der Waals surface area contributed by atoms with E-state index in [2.05, 4.69) is 32.6 Å². The van der Waals surface area contributed by atoms with Crippen molar-refractivity contribution in [2.24, 2.45) is 0 Å². The van der Waals surface area contributed by atoms with Gasteiger partial charge in [0, 0.05) is 18.4 Å². The van der Waals surface area contributed by atoms with E-state index in [0.29, 0.717) is 13.1 Å². The van der Waals surface area contributed by atoms with E-state index in [0.717, 1.165) is 64.8 Å². The first-order valence-corrected chi connectivity index (χ1v) is 18.0. The summed E-state index contributed by atoms with van der Waals surface area (Å²) in [6.45, 7) is 5.46. The molecule has 52 heavy (non-hydrogen) atoms. The van der Waals surface area contributed by atoms with Gasteiger partial charge in [0.1, 0.15) is 36.9 Å². The fraction of sp³-hybridized carbons (Fsp3) is 0.381. The van der Waals surface area contributed by atoms with Crippen LogP contribution in [0.15, 0.2) is 109 Å². The van der Waals surface area contributed by atoms with Gasteiger partial charge in [-0.15, -0.1) is 0 Å². The van der Waals surface area contributed by atoms with Crippen LogP contribution in [0.2, 0.25) is 0 Å². The molecule has 4 rings (SSSR count). The molecule has 9 nitrogen and oxygen atoms in total. The molecule has 2 amide bonds. The van der Waals surface area contributed by atoms with Crippen LogP contribution in [0.1, 0.15) is 63.8 Å². The van der Waals surface area contributed by atoms with E-state index in [-0.39, 0.29) is 53.0 Å². The highest BCUT2D eigenvalue weighted by Gasteiger charge is 2.09. The summed E-state index contributed by atoms with van der Waals surface area (Å²) in [5, 5.41) is 15.4. The zero-order valence-corrected chi connectivity index (χ0v) is 30.5. The standard InChI is InChI=1S/C20H24BrNO3.C20H25NO4.2CH4/c1-16(14-21)25-19-12-6-5-10-18(19)11-7-13-22-20(23)24-15-17-8-3-2-4-9-17;1-16(14-22)25-19-12-6-5-10-18(19)11-7-13-21-20(23)24-15-17-8-3-2-4-9-17;;/h2-6,8-10,12,16H,7,11,13-15H2,1H3,(H,22,23);2-6,8-10,12,16,22H,7,11,13-15H2,1H3,(H,21,23);2*1H4/t2*16-;;/m11../s1. The second-order valence-corrected chi connectivity index (χ2v) is 12.2. The van der Waals surface area contributed by atoms with Gasteiger partial charge in [-0.2, -0.15) is 0 Å². The Kier molecular flexibility index (Phi) is 23.8. The Hall–Kier alpha value is -4.54. The molecule has 10 heteroatoms. The van der Waals surface area contributed by atoms with Gasteiger partial charge in [-0.05, 0) is 73.9 Å². The Morgan fingerprint density at radius 2 is 1.00 bits per heavy atom. The summed E-state index contributed by atoms with van der Waals surface area (Å²) in [4.78, 5) is 23.4. The van der Waals surface area contributed by atoms with Crippen molar-refractivity contribution in [1.29, 1.82) is 0 Å². The van der Waals surface area contributed by atoms with Gasteiger partial charge in [0.15, 0.2) is 0 Å². The third kappa shape index (κ3) is 18.6. The number of aliphatic hydroxyl groups excluding tert-OH is 1. The van der Waals surface area contributed by atoms with Crippen molar-refractivity contribution in [3.63, 3.8) is 0 Å². The lowest BCUT2D eigenvalue weighted by atomic mass is 10.1. The maximum Gasteiger partial charge on any atom is 0.407 e. The van der Waals surface area contributed by atoms with Crippen LogP contribution in [0.5, 0.6) is 11.5 Å². The number of carbonyl (C=O) groups excluding carboxylic acids is 2. The Morgan fingerprint density at radius 1 is 0.615 bits per heavy atom. The van der Waals surface area contributed by atoms with Crippen LogP contribution in [0.4, 0.5) is 9.59 Å². The minimum absolute atomic E-state index is 0. The number of alkyl carbamates (subject to hydrolysis) is 2. The molecule has 0 aliphatic rings. The highest BCUT2D eigenvalue weighted by Crippen LogP contribution is 2.22. The normalized spacial score (nSPS) is 11.2. The fourth-order valence-corrected chi connectivity index (χ4v) is 4.77. The van der Waals surface area contributed by atoms with E-state index in [1.807, 2.05) is 117 Å². The van der Waals surface area contributed by atoms with Crippen LogP contribution < -0.4 is 20.1 Å². The van der Waals surface area contributed by atoms with Gasteiger partial charge in [-0.3, -0.25) is 0 Å². The predicted octanol–water partition coefficient (Wildman–Crippen LogP) is 9.29. The maximum atomic E-state index is 11.7. The number of benzene rings is 4. The Labute approximate surface area is 319 Å². The van der Waals surface area contributed by atoms with E-state index < -0.39 is 6.09 Å². The quantitative estimate of drug-likeness (QED) is 0.0681. The van der Waals surface area contributed by atoms with E-state index in [9.17, 15) is 9.59 Å². The van der Waals surface area contributed by atoms with Gasteiger partial charge < -0.3 is 34.7 Å². The average molecular weight is 782 g/mol. The number of halogens is 1. The van der Waals surface area contributed by atoms with Crippen LogP contribution in [-0.4, -0.2) is 54.5 Å². The summed E-state index contributed by atoms with van der Waals surface area (Å²) in [5.41, 5.74) is 4.14. The number of aryl methyl sites for hydroxylation is 2. The van der Waals surface area contributed by atoms with Gasteiger partial charge in [0.2, 0.25) is 0 Å². The molecule has 2 atom stereocenters. The minimum atomic E-state index is -0.415. The lowest BCUT2D eigenvalue weighted by Crippen LogP contribution is -2.25. The first-order chi connectivity index (χ1) is 24.4. The van der Waals surface area contributed by atoms with Gasteiger partial charge in [-0.1, -0.05) is 128 Å². The summed E-state index contributed by atoms with van der Waals surface area (Å²) >= 11 is 3.42. The molecule has 0 spiro atoms. The van der Waals surface area contributed by atoms with Crippen molar-refractivity contribution in [3.05, 3.63) is 131 Å². The molecule has 0 fully saturated rings. The third-order valence-corrected chi connectivity index (χ3v) is 8.20. The van der Waals surface area contributed by atoms with Crippen molar-refractivity contribution >= 4 is 28.1 Å². The number of carbonyl (C=O) groups is 2. The number of aliphatic hydroxyl groups is 1. The zero-order valence-electron chi connectivity index (χ0n) is 28.9. The van der Waals surface area contributed by atoms with E-state index in [1.54, 1.807) is 0 Å². The lowest BCUT2D eigenvalue weighted by Gasteiger charge is -2.15. The number of para-hydroxylation sites is 2. The van der Waals surface area contributed by atoms with Crippen LogP contribution in [0.3, 0.4) is 0 Å². The average Bonchev–Trinajstić information content (AvgIpc) is 3.15. The van der Waals surface area contributed by atoms with E-state index in [4.69, 9.17) is 24.1 Å². The zero-order chi connectivity index (χ0) is 35.8. The molecule has 0 saturated carbocycles. The van der Waals surface area contributed by atoms with Crippen molar-refractivity contribution < 1.29 is 33.6 Å². The Balaban J connectivity index is 0.000000501. The van der Waals surface area contributed by atoms with Crippen molar-refractivity contribution in [3.8, 4) is 11.5 Å². The molecule has 284 valence electrons. The maximum absolute atomic E-state index is 11.7. The fourth-order valence-electron chi connectivity index (χ4n) is 4.64. The molecular formula is C42H57BrN2O7. The van der Waals surface area contributed by atoms with Gasteiger partial charge in [0.25, 0.3) is 0 Å². The molecule has 0 unspecified atom stereocenters. The number of hydrogen-bond acceptors (Lipinski definition) is 7. The molecule has 0 aromatic heterocycles. The SMILES string of the molecule is C.C.C[C@H](CBr)Oc1ccccc1CCCNC(=O)OCc1ccccc1.C[C@H](CO)Oc1ccccc1CCCNC(=O)OCc1ccccc1. The predicted molar refractivity (Wildman–Crippen MR) is 213 cm³/mol. The molecule has 0 radical (unpaired) electrons. The Morgan fingerprint density at radius 3 is 1.40 bits per heavy atom. The summed E-state index contributed by atoms with van der Waals surface area (Å²) in [6, 6.07) is 35.0. The smallest absolute Gasteiger partial charge is 0.407 e. The van der Waals surface area contributed by atoms with Crippen molar-refractivity contribution in [2.75, 3.05) is 25.0 Å². The second kappa shape index (κ2) is 27.2. The molecule has 3 N–H and O–H groups in total. The number of ether oxygens (including phenoxy) is 4. The highest BCUT2D eigenvalue weighted by atomic mass is 79.9. The largest absolute Gasteiger partial charge is 0.490 e. The topological polar surface area (TPSA) is 115 Å². The highest BCUT2D eigenvalue weighted by molar-refractivity contribution is 9.09. The first-order valence-electron chi connectivity index (χ1n) is 16.9. The number of amides is 2.